The highest BCUT2D eigenvalue weighted by atomic mass is 31.2. The maximum atomic E-state index is 14.3. The fraction of sp³-hybridized carbons (Fsp3) is 0.188. The third-order valence-electron chi connectivity index (χ3n) is 6.73. The Kier molecular flexibility index (Phi) is 9.68. The first-order valence-corrected chi connectivity index (χ1v) is 14.6. The molecule has 0 aromatic heterocycles. The van der Waals surface area contributed by atoms with Crippen LogP contribution in [0, 0.1) is 5.41 Å². The van der Waals surface area contributed by atoms with Gasteiger partial charge in [-0.1, -0.05) is 115 Å². The van der Waals surface area contributed by atoms with Crippen LogP contribution < -0.4 is 0 Å². The molecule has 0 radical (unpaired) electrons. The van der Waals surface area contributed by atoms with Gasteiger partial charge in [0.05, 0.1) is 0 Å². The lowest BCUT2D eigenvalue weighted by molar-refractivity contribution is -0.174. The average Bonchev–Trinajstić information content (AvgIpc) is 2.99. The van der Waals surface area contributed by atoms with Crippen molar-refractivity contribution in [3.05, 3.63) is 143 Å². The maximum Gasteiger partial charge on any atom is 0.399 e. The molecule has 218 valence electrons. The highest BCUT2D eigenvalue weighted by Gasteiger charge is 2.51. The number of esters is 2. The van der Waals surface area contributed by atoms with E-state index in [9.17, 15) is 22.9 Å². The van der Waals surface area contributed by atoms with E-state index >= 15 is 0 Å². The van der Waals surface area contributed by atoms with Crippen LogP contribution in [0.5, 0.6) is 0 Å². The zero-order valence-electron chi connectivity index (χ0n) is 22.4. The van der Waals surface area contributed by atoms with E-state index in [-0.39, 0.29) is 31.6 Å². The first-order valence-electron chi connectivity index (χ1n) is 13.0. The van der Waals surface area contributed by atoms with Crippen LogP contribution in [0.25, 0.3) is 0 Å². The van der Waals surface area contributed by atoms with Crippen molar-refractivity contribution in [1.29, 1.82) is 0 Å². The largest absolute Gasteiger partial charge is 0.460 e. The molecule has 0 aliphatic heterocycles. The molecule has 4 aromatic rings. The number of halogens is 2. The molecule has 4 aromatic carbocycles. The predicted molar refractivity (Wildman–Crippen MR) is 151 cm³/mol. The molecule has 0 spiro atoms. The van der Waals surface area contributed by atoms with Crippen LogP contribution in [0.15, 0.2) is 115 Å². The van der Waals surface area contributed by atoms with Crippen LogP contribution in [0.4, 0.5) is 8.78 Å². The van der Waals surface area contributed by atoms with E-state index in [0.717, 1.165) is 12.1 Å². The van der Waals surface area contributed by atoms with Crippen LogP contribution >= 0.6 is 7.60 Å². The summed E-state index contributed by atoms with van der Waals surface area (Å²) >= 11 is 0. The predicted octanol–water partition coefficient (Wildman–Crippen LogP) is 6.17. The van der Waals surface area contributed by atoms with E-state index < -0.39 is 36.2 Å². The number of alkyl halides is 2. The Hall–Kier alpha value is -4.17. The maximum absolute atomic E-state index is 14.3. The Morgan fingerprint density at radius 2 is 0.952 bits per heavy atom. The molecule has 0 bridgehead atoms. The second-order valence-electron chi connectivity index (χ2n) is 9.83. The Morgan fingerprint density at radius 3 is 1.33 bits per heavy atom. The Balaban J connectivity index is 1.72. The minimum Gasteiger partial charge on any atom is -0.460 e. The summed E-state index contributed by atoms with van der Waals surface area (Å²) in [5.41, 5.74) is -4.91. The number of hydrogen-bond acceptors (Lipinski definition) is 5. The average molecular weight is 595 g/mol. The van der Waals surface area contributed by atoms with Gasteiger partial charge in [0.2, 0.25) is 0 Å². The van der Waals surface area contributed by atoms with Gasteiger partial charge in [0, 0.05) is 5.56 Å². The van der Waals surface area contributed by atoms with Crippen LogP contribution in [0.3, 0.4) is 0 Å². The first kappa shape index (κ1) is 30.8. The molecule has 0 heterocycles. The third kappa shape index (κ3) is 7.36. The van der Waals surface area contributed by atoms with Gasteiger partial charge in [-0.25, -0.2) is 0 Å². The Labute approximate surface area is 241 Å². The zero-order chi connectivity index (χ0) is 30.2. The van der Waals surface area contributed by atoms with E-state index in [1.54, 1.807) is 78.9 Å². The highest BCUT2D eigenvalue weighted by molar-refractivity contribution is 7.52. The summed E-state index contributed by atoms with van der Waals surface area (Å²) in [6.45, 7) is -0.231. The number of ether oxygens (including phenoxy) is 2. The second kappa shape index (κ2) is 13.2. The van der Waals surface area contributed by atoms with Crippen LogP contribution in [-0.4, -0.2) is 21.7 Å². The monoisotopic (exact) mass is 594 g/mol. The van der Waals surface area contributed by atoms with Gasteiger partial charge in [-0.05, 0) is 35.1 Å². The molecule has 0 amide bonds. The molecule has 2 N–H and O–H groups in total. The van der Waals surface area contributed by atoms with Crippen LogP contribution in [0.1, 0.15) is 27.8 Å². The fourth-order valence-corrected chi connectivity index (χ4v) is 4.93. The molecule has 42 heavy (non-hydrogen) atoms. The van der Waals surface area contributed by atoms with Gasteiger partial charge in [0.15, 0.2) is 5.41 Å². The zero-order valence-corrected chi connectivity index (χ0v) is 23.3. The van der Waals surface area contributed by atoms with Crippen molar-refractivity contribution in [3.63, 3.8) is 0 Å². The SMILES string of the molecule is O=C(OCc1ccccc1)C(Cc1ccccc1)(Cc1ccc(C(F)(F)P(=O)(O)O)cc1)C(=O)OCc1ccccc1. The molecule has 10 heteroatoms. The van der Waals surface area contributed by atoms with Gasteiger partial charge in [-0.3, -0.25) is 14.2 Å². The number of hydrogen-bond donors (Lipinski definition) is 2. The van der Waals surface area contributed by atoms with Crippen molar-refractivity contribution in [2.75, 3.05) is 0 Å². The highest BCUT2D eigenvalue weighted by Crippen LogP contribution is 2.59. The molecular formula is C32H29F2O7P. The smallest absolute Gasteiger partial charge is 0.399 e. The summed E-state index contributed by atoms with van der Waals surface area (Å²) in [7, 11) is -5.78. The molecule has 7 nitrogen and oxygen atoms in total. The Bertz CT molecular complexity index is 1470. The Morgan fingerprint density at radius 1 is 0.595 bits per heavy atom. The summed E-state index contributed by atoms with van der Waals surface area (Å²) in [4.78, 5) is 46.0. The van der Waals surface area contributed by atoms with Gasteiger partial charge >= 0.3 is 25.2 Å². The minimum absolute atomic E-state index is 0.115. The van der Waals surface area contributed by atoms with Gasteiger partial charge < -0.3 is 19.3 Å². The summed E-state index contributed by atoms with van der Waals surface area (Å²) in [6, 6.07) is 30.7. The van der Waals surface area contributed by atoms with Gasteiger partial charge in [-0.2, -0.15) is 8.78 Å². The standard InChI is InChI=1S/C32H29F2O7P/c33-32(34,42(37,38)39)28-18-16-25(17-19-28)21-31(20-24-10-4-1-5-11-24,29(35)40-22-26-12-6-2-7-13-26)30(36)41-23-27-14-8-3-9-15-27/h1-19H,20-23H2,(H2,37,38,39). The molecule has 0 unspecified atom stereocenters. The fourth-order valence-electron chi connectivity index (χ4n) is 4.44. The molecule has 0 aliphatic rings. The van der Waals surface area contributed by atoms with Gasteiger partial charge in [0.1, 0.15) is 13.2 Å². The van der Waals surface area contributed by atoms with Gasteiger partial charge in [0.25, 0.3) is 0 Å². The second-order valence-corrected chi connectivity index (χ2v) is 11.5. The van der Waals surface area contributed by atoms with Crippen LogP contribution in [0.2, 0.25) is 0 Å². The third-order valence-corrected chi connectivity index (χ3v) is 7.72. The summed E-state index contributed by atoms with van der Waals surface area (Å²) in [5.74, 6) is -1.73. The van der Waals surface area contributed by atoms with Crippen molar-refractivity contribution in [2.24, 2.45) is 5.41 Å². The molecule has 4 rings (SSSR count). The van der Waals surface area contributed by atoms with E-state index in [1.807, 2.05) is 12.1 Å². The number of carbonyl (C=O) groups excluding carboxylic acids is 2. The normalized spacial score (nSPS) is 12.0. The molecule has 0 fully saturated rings. The molecule has 0 aliphatic carbocycles. The summed E-state index contributed by atoms with van der Waals surface area (Å²) in [5, 5.41) is 0. The topological polar surface area (TPSA) is 110 Å². The van der Waals surface area contributed by atoms with Gasteiger partial charge in [-0.15, -0.1) is 0 Å². The lowest BCUT2D eigenvalue weighted by Gasteiger charge is -2.30. The van der Waals surface area contributed by atoms with Crippen molar-refractivity contribution >= 4 is 19.5 Å². The summed E-state index contributed by atoms with van der Waals surface area (Å²) in [6.07, 6.45) is -0.402. The summed E-state index contributed by atoms with van der Waals surface area (Å²) < 4.78 is 51.3. The number of rotatable bonds is 12. The molecular weight excluding hydrogens is 565 g/mol. The minimum atomic E-state index is -5.78. The van der Waals surface area contributed by atoms with Crippen molar-refractivity contribution in [3.8, 4) is 0 Å². The van der Waals surface area contributed by atoms with E-state index in [1.165, 1.54) is 12.1 Å². The molecule has 0 atom stereocenters. The van der Waals surface area contributed by atoms with E-state index in [0.29, 0.717) is 16.7 Å². The van der Waals surface area contributed by atoms with E-state index in [2.05, 4.69) is 0 Å². The quantitative estimate of drug-likeness (QED) is 0.115. The van der Waals surface area contributed by atoms with Crippen molar-refractivity contribution < 1.29 is 42.2 Å². The van der Waals surface area contributed by atoms with Crippen molar-refractivity contribution in [1.82, 2.24) is 0 Å². The lowest BCUT2D eigenvalue weighted by atomic mass is 9.76. The van der Waals surface area contributed by atoms with Crippen molar-refractivity contribution in [2.45, 2.75) is 31.7 Å². The van der Waals surface area contributed by atoms with Crippen LogP contribution in [-0.2, 0) is 55.3 Å². The first-order chi connectivity index (χ1) is 20.0. The number of carbonyl (C=O) groups is 2. The molecule has 0 saturated heterocycles. The lowest BCUT2D eigenvalue weighted by Crippen LogP contribution is -2.45. The van der Waals surface area contributed by atoms with E-state index in [4.69, 9.17) is 19.3 Å². The number of benzene rings is 4. The molecule has 0 saturated carbocycles.